The van der Waals surface area contributed by atoms with Crippen LogP contribution in [-0.2, 0) is 4.74 Å². The summed E-state index contributed by atoms with van der Waals surface area (Å²) in [5.41, 5.74) is -1.43. The molecular weight excluding hydrogens is 350 g/mol. The average molecular weight is 364 g/mol. The number of carbonyl (C=O) groups is 2. The van der Waals surface area contributed by atoms with Crippen LogP contribution in [0.3, 0.4) is 0 Å². The van der Waals surface area contributed by atoms with Crippen molar-refractivity contribution in [1.82, 2.24) is 14.4 Å². The normalized spacial score (nSPS) is 11.7. The number of benzene rings is 1. The van der Waals surface area contributed by atoms with E-state index in [1.807, 2.05) is 0 Å². The van der Waals surface area contributed by atoms with Gasteiger partial charge in [0.15, 0.2) is 5.82 Å². The van der Waals surface area contributed by atoms with Crippen molar-refractivity contribution in [2.24, 2.45) is 0 Å². The van der Waals surface area contributed by atoms with Crippen LogP contribution in [0.25, 0.3) is 16.6 Å². The zero-order chi connectivity index (χ0) is 19.2. The van der Waals surface area contributed by atoms with Crippen LogP contribution in [0.4, 0.5) is 19.4 Å². The lowest BCUT2D eigenvalue weighted by molar-refractivity contribution is 0.0633. The molecule has 1 aromatic carbocycles. The number of nitrogens with one attached hydrogen (secondary N) is 1. The van der Waals surface area contributed by atoms with Gasteiger partial charge < -0.3 is 9.84 Å². The molecule has 0 saturated heterocycles. The summed E-state index contributed by atoms with van der Waals surface area (Å²) < 4.78 is 34.1. The maximum Gasteiger partial charge on any atom is 0.413 e. The topological polar surface area (TPSA) is 106 Å². The lowest BCUT2D eigenvalue weighted by atomic mass is 10.1. The van der Waals surface area contributed by atoms with E-state index in [2.05, 4.69) is 15.3 Å². The van der Waals surface area contributed by atoms with E-state index in [-0.39, 0.29) is 22.4 Å². The fourth-order valence-electron chi connectivity index (χ4n) is 2.38. The quantitative estimate of drug-likeness (QED) is 0.723. The van der Waals surface area contributed by atoms with Gasteiger partial charge in [0, 0.05) is 6.07 Å². The zero-order valence-corrected chi connectivity index (χ0v) is 14.0. The molecule has 2 N–H and O–H groups in total. The second-order valence-corrected chi connectivity index (χ2v) is 6.46. The first-order valence-electron chi connectivity index (χ1n) is 7.46. The highest BCUT2D eigenvalue weighted by atomic mass is 19.1. The minimum atomic E-state index is -1.51. The highest BCUT2D eigenvalue weighted by molar-refractivity contribution is 5.96. The van der Waals surface area contributed by atoms with Crippen molar-refractivity contribution >= 4 is 34.4 Å². The van der Waals surface area contributed by atoms with E-state index in [0.717, 1.165) is 22.7 Å². The van der Waals surface area contributed by atoms with Gasteiger partial charge in [-0.05, 0) is 26.8 Å². The first-order chi connectivity index (χ1) is 12.1. The Kier molecular flexibility index (Phi) is 3.98. The number of aromatic nitrogens is 3. The lowest BCUT2D eigenvalue weighted by Crippen LogP contribution is -2.27. The van der Waals surface area contributed by atoms with E-state index < -0.39 is 35.1 Å². The average Bonchev–Trinajstić information content (AvgIpc) is 2.87. The van der Waals surface area contributed by atoms with Crippen molar-refractivity contribution < 1.29 is 28.2 Å². The maximum atomic E-state index is 14.1. The Morgan fingerprint density at radius 3 is 2.54 bits per heavy atom. The molecule has 0 radical (unpaired) electrons. The summed E-state index contributed by atoms with van der Waals surface area (Å²) in [5, 5.41) is 11.4. The molecule has 3 rings (SSSR count). The summed E-state index contributed by atoms with van der Waals surface area (Å²) in [5.74, 6) is -2.65. The van der Waals surface area contributed by atoms with Crippen LogP contribution in [0.5, 0.6) is 0 Å². The summed E-state index contributed by atoms with van der Waals surface area (Å²) in [6, 6.07) is 1.80. The van der Waals surface area contributed by atoms with E-state index in [0.29, 0.717) is 0 Å². The van der Waals surface area contributed by atoms with Crippen LogP contribution in [0.1, 0.15) is 31.1 Å². The Labute approximate surface area is 145 Å². The molecule has 0 spiro atoms. The predicted octanol–water partition coefficient (Wildman–Crippen LogP) is 3.21. The van der Waals surface area contributed by atoms with Crippen molar-refractivity contribution in [3.63, 3.8) is 0 Å². The number of rotatable bonds is 2. The van der Waals surface area contributed by atoms with E-state index in [4.69, 9.17) is 9.84 Å². The van der Waals surface area contributed by atoms with Crippen molar-refractivity contribution in [2.75, 3.05) is 5.32 Å². The third kappa shape index (κ3) is 3.13. The number of hydrogen-bond acceptors (Lipinski definition) is 5. The molecule has 8 nitrogen and oxygen atoms in total. The number of imidazole rings is 1. The molecule has 0 atom stereocenters. The van der Waals surface area contributed by atoms with Gasteiger partial charge in [-0.2, -0.15) is 4.39 Å². The SMILES string of the molecule is CC(C)(C)OC(=O)Nc1nc2cc(F)c(C(=O)O)cc2n2c(F)ncc12. The molecule has 10 heteroatoms. The third-order valence-electron chi connectivity index (χ3n) is 3.35. The smallest absolute Gasteiger partial charge is 0.413 e. The minimum Gasteiger partial charge on any atom is -0.478 e. The molecular formula is C16H14F2N4O4. The van der Waals surface area contributed by atoms with Gasteiger partial charge in [-0.1, -0.05) is 0 Å². The molecule has 0 unspecified atom stereocenters. The lowest BCUT2D eigenvalue weighted by Gasteiger charge is -2.19. The standard InChI is InChI=1S/C16H14F2N4O4/c1-16(2,3)26-15(25)21-12-11-6-19-14(18)22(11)10-4-7(13(23)24)8(17)5-9(10)20-12/h4-6H,1-3H3,(H,23,24)(H,20,21,25). The predicted molar refractivity (Wildman–Crippen MR) is 87.2 cm³/mol. The molecule has 0 aliphatic rings. The third-order valence-corrected chi connectivity index (χ3v) is 3.35. The molecule has 1 amide bonds. The van der Waals surface area contributed by atoms with Gasteiger partial charge in [0.1, 0.15) is 16.9 Å². The van der Waals surface area contributed by atoms with Gasteiger partial charge in [-0.3, -0.25) is 9.72 Å². The van der Waals surface area contributed by atoms with Crippen molar-refractivity contribution in [2.45, 2.75) is 26.4 Å². The van der Waals surface area contributed by atoms with Gasteiger partial charge in [-0.15, -0.1) is 0 Å². The Hall–Kier alpha value is -3.30. The highest BCUT2D eigenvalue weighted by Crippen LogP contribution is 2.26. The van der Waals surface area contributed by atoms with Crippen LogP contribution in [0.15, 0.2) is 18.3 Å². The molecule has 0 fully saturated rings. The summed E-state index contributed by atoms with van der Waals surface area (Å²) >= 11 is 0. The number of carbonyl (C=O) groups excluding carboxylic acids is 1. The Balaban J connectivity index is 2.20. The molecule has 136 valence electrons. The first kappa shape index (κ1) is 17.5. The molecule has 3 aromatic rings. The fourth-order valence-corrected chi connectivity index (χ4v) is 2.38. The van der Waals surface area contributed by atoms with Gasteiger partial charge in [0.05, 0.1) is 22.8 Å². The van der Waals surface area contributed by atoms with Gasteiger partial charge >= 0.3 is 12.1 Å². The second kappa shape index (κ2) is 5.90. The zero-order valence-electron chi connectivity index (χ0n) is 14.0. The number of fused-ring (bicyclic) bond motifs is 3. The van der Waals surface area contributed by atoms with E-state index in [1.54, 1.807) is 20.8 Å². The number of nitrogens with zero attached hydrogens (tertiary/aromatic N) is 3. The van der Waals surface area contributed by atoms with Crippen LogP contribution in [-0.4, -0.2) is 37.1 Å². The Bertz CT molecular complexity index is 1060. The number of carboxylic acids is 1. The number of aromatic carboxylic acids is 1. The monoisotopic (exact) mass is 364 g/mol. The number of ether oxygens (including phenoxy) is 1. The van der Waals surface area contributed by atoms with Crippen molar-refractivity contribution in [3.05, 3.63) is 35.8 Å². The highest BCUT2D eigenvalue weighted by Gasteiger charge is 2.21. The molecule has 2 heterocycles. The van der Waals surface area contributed by atoms with E-state index in [9.17, 15) is 18.4 Å². The van der Waals surface area contributed by atoms with Gasteiger partial charge in [-0.25, -0.2) is 23.9 Å². The van der Waals surface area contributed by atoms with Crippen molar-refractivity contribution in [3.8, 4) is 0 Å². The van der Waals surface area contributed by atoms with Crippen LogP contribution >= 0.6 is 0 Å². The molecule has 2 aromatic heterocycles. The van der Waals surface area contributed by atoms with Crippen LogP contribution < -0.4 is 5.32 Å². The molecule has 26 heavy (non-hydrogen) atoms. The number of amides is 1. The second-order valence-electron chi connectivity index (χ2n) is 6.46. The van der Waals surface area contributed by atoms with E-state index in [1.165, 1.54) is 0 Å². The number of hydrogen-bond donors (Lipinski definition) is 2. The number of carboxylic acid groups (broad SMARTS) is 1. The van der Waals surface area contributed by atoms with Crippen LogP contribution in [0, 0.1) is 11.9 Å². The minimum absolute atomic E-state index is 0.0106. The van der Waals surface area contributed by atoms with Gasteiger partial charge in [0.25, 0.3) is 6.08 Å². The number of halogens is 2. The first-order valence-corrected chi connectivity index (χ1v) is 7.46. The van der Waals surface area contributed by atoms with Crippen molar-refractivity contribution in [1.29, 1.82) is 0 Å². The van der Waals surface area contributed by atoms with Crippen LogP contribution in [0.2, 0.25) is 0 Å². The molecule has 0 bridgehead atoms. The Morgan fingerprint density at radius 2 is 1.92 bits per heavy atom. The van der Waals surface area contributed by atoms with E-state index >= 15 is 0 Å². The Morgan fingerprint density at radius 1 is 1.23 bits per heavy atom. The summed E-state index contributed by atoms with van der Waals surface area (Å²) in [6.45, 7) is 4.99. The molecule has 0 aliphatic carbocycles. The fraction of sp³-hybridized carbons (Fsp3) is 0.250. The summed E-state index contributed by atoms with van der Waals surface area (Å²) in [4.78, 5) is 30.7. The number of anilines is 1. The summed E-state index contributed by atoms with van der Waals surface area (Å²) in [6.07, 6.45) is -0.698. The molecule has 0 aliphatic heterocycles. The van der Waals surface area contributed by atoms with Gasteiger partial charge in [0.2, 0.25) is 0 Å². The molecule has 0 saturated carbocycles. The maximum absolute atomic E-state index is 14.1. The largest absolute Gasteiger partial charge is 0.478 e. The summed E-state index contributed by atoms with van der Waals surface area (Å²) in [7, 11) is 0.